The van der Waals surface area contributed by atoms with Crippen LogP contribution in [0.25, 0.3) is 10.9 Å². The van der Waals surface area contributed by atoms with E-state index in [1.165, 1.54) is 18.3 Å². The fraction of sp³-hybridized carbons (Fsp3) is 0.393. The third-order valence-electron chi connectivity index (χ3n) is 6.54. The molecule has 0 spiro atoms. The maximum atomic E-state index is 13.7. The molecular formula is C28H32FN5O2. The quantitative estimate of drug-likeness (QED) is 0.288. The molecule has 3 heterocycles. The van der Waals surface area contributed by atoms with Crippen LogP contribution in [0.3, 0.4) is 0 Å². The second-order valence-electron chi connectivity index (χ2n) is 9.16. The van der Waals surface area contributed by atoms with E-state index < -0.39 is 5.54 Å². The molecule has 3 aromatic rings. The molecule has 1 aromatic carbocycles. The lowest BCUT2D eigenvalue weighted by Gasteiger charge is -2.37. The van der Waals surface area contributed by atoms with Gasteiger partial charge < -0.3 is 20.9 Å². The maximum Gasteiger partial charge on any atom is 0.253 e. The molecule has 0 saturated carbocycles. The van der Waals surface area contributed by atoms with Crippen LogP contribution in [0.1, 0.15) is 60.5 Å². The molecule has 36 heavy (non-hydrogen) atoms. The number of pyridine rings is 1. The Morgan fingerprint density at radius 1 is 1.19 bits per heavy atom. The molecule has 0 radical (unpaired) electrons. The van der Waals surface area contributed by atoms with E-state index in [0.29, 0.717) is 50.0 Å². The van der Waals surface area contributed by atoms with Gasteiger partial charge in [-0.3, -0.25) is 14.6 Å². The number of fused-ring (bicyclic) bond motifs is 1. The number of nitrogens with zero attached hydrogens (tertiary/aromatic N) is 1. The first-order valence-corrected chi connectivity index (χ1v) is 12.5. The molecule has 4 N–H and O–H groups in total. The first-order chi connectivity index (χ1) is 17.5. The molecule has 0 bridgehead atoms. The molecule has 2 amide bonds. The van der Waals surface area contributed by atoms with Gasteiger partial charge >= 0.3 is 0 Å². The van der Waals surface area contributed by atoms with E-state index in [1.54, 1.807) is 18.3 Å². The number of amides is 2. The first-order valence-electron chi connectivity index (χ1n) is 12.5. The van der Waals surface area contributed by atoms with Gasteiger partial charge in [-0.25, -0.2) is 4.39 Å². The van der Waals surface area contributed by atoms with Crippen molar-refractivity contribution in [3.05, 3.63) is 65.4 Å². The van der Waals surface area contributed by atoms with Crippen LogP contribution in [0, 0.1) is 17.7 Å². The SMILES string of the molecule is CCCCC#Cc1cncc(C(=O)NC2(C(=O)NCCc3c[nH]c4ccc(F)cc34)CCNCC2)c1. The van der Waals surface area contributed by atoms with Crippen molar-refractivity contribution in [1.29, 1.82) is 0 Å². The molecule has 8 heteroatoms. The summed E-state index contributed by atoms with van der Waals surface area (Å²) >= 11 is 0. The number of H-pyrrole nitrogens is 1. The van der Waals surface area contributed by atoms with E-state index >= 15 is 0 Å². The lowest BCUT2D eigenvalue weighted by Crippen LogP contribution is -2.63. The van der Waals surface area contributed by atoms with E-state index in [-0.39, 0.29) is 17.6 Å². The Labute approximate surface area is 210 Å². The van der Waals surface area contributed by atoms with Crippen molar-refractivity contribution in [1.82, 2.24) is 25.9 Å². The average molecular weight is 490 g/mol. The lowest BCUT2D eigenvalue weighted by atomic mass is 9.86. The number of hydrogen-bond donors (Lipinski definition) is 4. The Kier molecular flexibility index (Phi) is 8.34. The Balaban J connectivity index is 1.42. The molecule has 0 unspecified atom stereocenters. The van der Waals surface area contributed by atoms with Gasteiger partial charge in [0.25, 0.3) is 5.91 Å². The third kappa shape index (κ3) is 6.10. The minimum atomic E-state index is -1.02. The third-order valence-corrected chi connectivity index (χ3v) is 6.54. The monoisotopic (exact) mass is 489 g/mol. The summed E-state index contributed by atoms with van der Waals surface area (Å²) in [6.07, 6.45) is 9.38. The zero-order chi connectivity index (χ0) is 25.4. The number of piperidine rings is 1. The van der Waals surface area contributed by atoms with E-state index in [1.807, 2.05) is 6.20 Å². The smallest absolute Gasteiger partial charge is 0.253 e. The molecule has 188 valence electrons. The van der Waals surface area contributed by atoms with Crippen molar-refractivity contribution in [2.75, 3.05) is 19.6 Å². The van der Waals surface area contributed by atoms with Crippen molar-refractivity contribution < 1.29 is 14.0 Å². The summed E-state index contributed by atoms with van der Waals surface area (Å²) in [4.78, 5) is 33.8. The van der Waals surface area contributed by atoms with Crippen LogP contribution in [0.4, 0.5) is 4.39 Å². The Bertz CT molecular complexity index is 1280. The van der Waals surface area contributed by atoms with Gasteiger partial charge in [-0.05, 0) is 68.6 Å². The van der Waals surface area contributed by atoms with Crippen molar-refractivity contribution >= 4 is 22.7 Å². The molecule has 1 fully saturated rings. The number of rotatable bonds is 8. The molecule has 1 aliphatic heterocycles. The van der Waals surface area contributed by atoms with Gasteiger partial charge in [0.1, 0.15) is 11.4 Å². The Hall–Kier alpha value is -3.70. The van der Waals surface area contributed by atoms with Crippen molar-refractivity contribution in [3.63, 3.8) is 0 Å². The normalized spacial score (nSPS) is 14.6. The number of carbonyl (C=O) groups is 2. The van der Waals surface area contributed by atoms with E-state index in [9.17, 15) is 14.0 Å². The molecule has 1 aliphatic rings. The summed E-state index contributed by atoms with van der Waals surface area (Å²) in [5.41, 5.74) is 1.82. The fourth-order valence-electron chi connectivity index (χ4n) is 4.45. The number of unbranched alkanes of at least 4 members (excludes halogenated alkanes) is 2. The van der Waals surface area contributed by atoms with Crippen LogP contribution >= 0.6 is 0 Å². The number of aromatic nitrogens is 2. The van der Waals surface area contributed by atoms with Gasteiger partial charge in [0.2, 0.25) is 5.91 Å². The summed E-state index contributed by atoms with van der Waals surface area (Å²) in [6, 6.07) is 6.32. The molecule has 4 rings (SSSR count). The first kappa shape index (κ1) is 25.4. The zero-order valence-corrected chi connectivity index (χ0v) is 20.5. The summed E-state index contributed by atoms with van der Waals surface area (Å²) < 4.78 is 13.7. The highest BCUT2D eigenvalue weighted by molar-refractivity contribution is 5.99. The molecule has 1 saturated heterocycles. The number of halogens is 1. The highest BCUT2D eigenvalue weighted by Crippen LogP contribution is 2.22. The zero-order valence-electron chi connectivity index (χ0n) is 20.5. The van der Waals surface area contributed by atoms with E-state index in [0.717, 1.165) is 35.7 Å². The highest BCUT2D eigenvalue weighted by atomic mass is 19.1. The number of nitrogens with one attached hydrogen (secondary N) is 4. The van der Waals surface area contributed by atoms with Crippen molar-refractivity contribution in [3.8, 4) is 11.8 Å². The van der Waals surface area contributed by atoms with E-state index in [4.69, 9.17) is 0 Å². The second kappa shape index (κ2) is 11.8. The summed E-state index contributed by atoms with van der Waals surface area (Å²) in [5, 5.41) is 10.0. The average Bonchev–Trinajstić information content (AvgIpc) is 3.29. The minimum Gasteiger partial charge on any atom is -0.361 e. The largest absolute Gasteiger partial charge is 0.361 e. The van der Waals surface area contributed by atoms with Crippen LogP contribution in [0.15, 0.2) is 42.9 Å². The minimum absolute atomic E-state index is 0.216. The molecule has 0 atom stereocenters. The second-order valence-corrected chi connectivity index (χ2v) is 9.16. The summed E-state index contributed by atoms with van der Waals surface area (Å²) in [5.74, 6) is 5.31. The predicted octanol–water partition coefficient (Wildman–Crippen LogP) is 3.45. The number of benzene rings is 1. The van der Waals surface area contributed by atoms with Gasteiger partial charge in [0, 0.05) is 48.0 Å². The van der Waals surface area contributed by atoms with Gasteiger partial charge in [-0.2, -0.15) is 0 Å². The Morgan fingerprint density at radius 2 is 2.03 bits per heavy atom. The van der Waals surface area contributed by atoms with E-state index in [2.05, 4.69) is 44.7 Å². The molecule has 0 aliphatic carbocycles. The molecule has 7 nitrogen and oxygen atoms in total. The highest BCUT2D eigenvalue weighted by Gasteiger charge is 2.41. The van der Waals surface area contributed by atoms with Crippen molar-refractivity contribution in [2.24, 2.45) is 0 Å². The van der Waals surface area contributed by atoms with Gasteiger partial charge in [0.15, 0.2) is 0 Å². The predicted molar refractivity (Wildman–Crippen MR) is 138 cm³/mol. The number of carbonyl (C=O) groups excluding carboxylic acids is 2. The molecular weight excluding hydrogens is 457 g/mol. The number of hydrogen-bond acceptors (Lipinski definition) is 4. The van der Waals surface area contributed by atoms with Crippen LogP contribution in [0.2, 0.25) is 0 Å². The molecule has 2 aromatic heterocycles. The van der Waals surface area contributed by atoms with Crippen LogP contribution < -0.4 is 16.0 Å². The van der Waals surface area contributed by atoms with Gasteiger partial charge in [0.05, 0.1) is 5.56 Å². The van der Waals surface area contributed by atoms with Crippen molar-refractivity contribution in [2.45, 2.75) is 51.0 Å². The fourth-order valence-corrected chi connectivity index (χ4v) is 4.45. The van der Waals surface area contributed by atoms with Crippen LogP contribution in [-0.2, 0) is 11.2 Å². The lowest BCUT2D eigenvalue weighted by molar-refractivity contribution is -0.128. The number of aromatic amines is 1. The summed E-state index contributed by atoms with van der Waals surface area (Å²) in [7, 11) is 0. The van der Waals surface area contributed by atoms with Crippen LogP contribution in [0.5, 0.6) is 0 Å². The van der Waals surface area contributed by atoms with Crippen LogP contribution in [-0.4, -0.2) is 47.0 Å². The Morgan fingerprint density at radius 3 is 2.83 bits per heavy atom. The topological polar surface area (TPSA) is 98.9 Å². The van der Waals surface area contributed by atoms with Gasteiger partial charge in [-0.1, -0.05) is 25.2 Å². The standard InChI is InChI=1S/C28H32FN5O2/c1-2-3-4-5-6-20-15-22(18-31-17-20)26(35)34-28(10-13-30-14-11-28)27(36)32-12-9-21-19-33-25-8-7-23(29)16-24(21)25/h7-8,15-19,30,33H,2-4,9-14H2,1H3,(H,32,36)(H,34,35). The maximum absolute atomic E-state index is 13.7. The van der Waals surface area contributed by atoms with Gasteiger partial charge in [-0.15, -0.1) is 0 Å². The summed E-state index contributed by atoms with van der Waals surface area (Å²) in [6.45, 7) is 3.73.